The Hall–Kier alpha value is -3.41. The van der Waals surface area contributed by atoms with Gasteiger partial charge in [-0.05, 0) is 62.7 Å². The third-order valence-corrected chi connectivity index (χ3v) is 9.65. The Labute approximate surface area is 272 Å². The van der Waals surface area contributed by atoms with Gasteiger partial charge in [0.1, 0.15) is 12.1 Å². The highest BCUT2D eigenvalue weighted by Gasteiger charge is 2.28. The fraction of sp³-hybridized carbons (Fsp3) is 0.735. The maximum Gasteiger partial charge on any atom is 0.287 e. The number of carbonyl (C=O) groups is 5. The molecule has 46 heavy (non-hydrogen) atoms. The third-order valence-electron chi connectivity index (χ3n) is 9.65. The van der Waals surface area contributed by atoms with E-state index in [1.807, 2.05) is 0 Å². The van der Waals surface area contributed by atoms with Crippen LogP contribution in [-0.2, 0) is 19.2 Å². The number of nitrogens with one attached hydrogen (secondary N) is 5. The zero-order valence-electron chi connectivity index (χ0n) is 27.3. The van der Waals surface area contributed by atoms with Crippen LogP contribution in [0.2, 0.25) is 0 Å². The first-order chi connectivity index (χ1) is 22.4. The second-order valence-corrected chi connectivity index (χ2v) is 13.3. The lowest BCUT2D eigenvalue weighted by molar-refractivity contribution is -0.130. The van der Waals surface area contributed by atoms with Crippen LogP contribution in [0.1, 0.15) is 107 Å². The van der Waals surface area contributed by atoms with Crippen LogP contribution < -0.4 is 26.6 Å². The van der Waals surface area contributed by atoms with E-state index in [4.69, 9.17) is 4.42 Å². The van der Waals surface area contributed by atoms with Gasteiger partial charge in [0.15, 0.2) is 5.76 Å². The quantitative estimate of drug-likeness (QED) is 0.185. The highest BCUT2D eigenvalue weighted by atomic mass is 16.3. The van der Waals surface area contributed by atoms with E-state index >= 15 is 0 Å². The first-order valence-corrected chi connectivity index (χ1v) is 17.6. The van der Waals surface area contributed by atoms with Gasteiger partial charge in [-0.1, -0.05) is 70.6 Å². The summed E-state index contributed by atoms with van der Waals surface area (Å²) in [5.74, 6) is -1.31. The molecule has 2 aliphatic carbocycles. The van der Waals surface area contributed by atoms with E-state index in [1.54, 1.807) is 6.07 Å². The zero-order chi connectivity index (χ0) is 32.6. The van der Waals surface area contributed by atoms with Crippen LogP contribution >= 0.6 is 0 Å². The molecule has 2 saturated carbocycles. The first kappa shape index (κ1) is 35.4. The Morgan fingerprint density at radius 2 is 1.26 bits per heavy atom. The van der Waals surface area contributed by atoms with Crippen LogP contribution in [0.25, 0.3) is 0 Å². The van der Waals surface area contributed by atoms with Crippen molar-refractivity contribution in [3.05, 3.63) is 24.2 Å². The van der Waals surface area contributed by atoms with E-state index in [0.29, 0.717) is 31.2 Å². The highest BCUT2D eigenvalue weighted by molar-refractivity contribution is 5.96. The van der Waals surface area contributed by atoms with Gasteiger partial charge in [0.2, 0.25) is 23.6 Å². The topological polar surface area (TPSA) is 162 Å². The van der Waals surface area contributed by atoms with Gasteiger partial charge in [-0.25, -0.2) is 0 Å². The van der Waals surface area contributed by atoms with Gasteiger partial charge in [-0.15, -0.1) is 0 Å². The predicted molar refractivity (Wildman–Crippen MR) is 174 cm³/mol. The minimum Gasteiger partial charge on any atom is -0.459 e. The molecule has 2 atom stereocenters. The largest absolute Gasteiger partial charge is 0.459 e. The number of rotatable bonds is 16. The third kappa shape index (κ3) is 12.4. The molecule has 1 aromatic heterocycles. The Balaban J connectivity index is 1.22. The van der Waals surface area contributed by atoms with E-state index in [-0.39, 0.29) is 24.8 Å². The monoisotopic (exact) mass is 642 g/mol. The molecule has 1 saturated heterocycles. The molecule has 256 valence electrons. The van der Waals surface area contributed by atoms with Crippen molar-refractivity contribution in [3.8, 4) is 0 Å². The second-order valence-electron chi connectivity index (χ2n) is 13.3. The molecule has 0 radical (unpaired) electrons. The molecule has 1 aromatic rings. The van der Waals surface area contributed by atoms with Crippen molar-refractivity contribution < 1.29 is 28.4 Å². The standard InChI is InChI=1S/C34H54N6O6/c41-30(23-37-33(44)28(22-26-13-6-2-7-14-26)39-34(45)29-15-10-20-46-29)36-24-31(42)38-27(21-25-11-4-1-5-12-25)32(43)35-16-19-40-17-8-3-9-18-40/h10,15,20,25-28H,1-9,11-14,16-19,21-24H2,(H,35,43)(H,36,41)(H,37,44)(H,38,42)(H,39,45)/t27?,28-/m0/s1. The highest BCUT2D eigenvalue weighted by Crippen LogP contribution is 2.28. The molecule has 12 heteroatoms. The lowest BCUT2D eigenvalue weighted by atomic mass is 9.84. The van der Waals surface area contributed by atoms with Crippen LogP contribution in [0, 0.1) is 11.8 Å². The van der Waals surface area contributed by atoms with E-state index in [9.17, 15) is 24.0 Å². The van der Waals surface area contributed by atoms with E-state index in [1.165, 1.54) is 44.4 Å². The fourth-order valence-electron chi connectivity index (χ4n) is 7.03. The van der Waals surface area contributed by atoms with E-state index < -0.39 is 35.7 Å². The summed E-state index contributed by atoms with van der Waals surface area (Å²) in [5, 5.41) is 13.8. The lowest BCUT2D eigenvalue weighted by Crippen LogP contribution is -2.52. The zero-order valence-corrected chi connectivity index (χ0v) is 27.3. The van der Waals surface area contributed by atoms with Crippen molar-refractivity contribution in [2.24, 2.45) is 11.8 Å². The van der Waals surface area contributed by atoms with Crippen molar-refractivity contribution in [1.82, 2.24) is 31.5 Å². The number of hydrogen-bond acceptors (Lipinski definition) is 7. The summed E-state index contributed by atoms with van der Waals surface area (Å²) in [6, 6.07) is 1.66. The molecule has 1 unspecified atom stereocenters. The number of carbonyl (C=O) groups excluding carboxylic acids is 5. The molecule has 3 aliphatic rings. The molecule has 5 N–H and O–H groups in total. The fourth-order valence-corrected chi connectivity index (χ4v) is 7.03. The molecule has 4 rings (SSSR count). The molecule has 0 bridgehead atoms. The van der Waals surface area contributed by atoms with Crippen molar-refractivity contribution in [1.29, 1.82) is 0 Å². The Morgan fingerprint density at radius 3 is 1.87 bits per heavy atom. The summed E-state index contributed by atoms with van der Waals surface area (Å²) < 4.78 is 5.17. The number of likely N-dealkylation sites (tertiary alicyclic amines) is 1. The summed E-state index contributed by atoms with van der Waals surface area (Å²) in [5.41, 5.74) is 0. The molecular weight excluding hydrogens is 588 g/mol. The number of piperidine rings is 1. The van der Waals surface area contributed by atoms with Gasteiger partial charge in [-0.2, -0.15) is 0 Å². The average Bonchev–Trinajstić information content (AvgIpc) is 3.63. The minimum absolute atomic E-state index is 0.114. The van der Waals surface area contributed by atoms with Gasteiger partial charge in [0.25, 0.3) is 5.91 Å². The Morgan fingerprint density at radius 1 is 0.696 bits per heavy atom. The maximum absolute atomic E-state index is 13.2. The molecule has 2 heterocycles. The van der Waals surface area contributed by atoms with Crippen molar-refractivity contribution in [3.63, 3.8) is 0 Å². The average molecular weight is 643 g/mol. The number of amides is 5. The van der Waals surface area contributed by atoms with Gasteiger partial charge >= 0.3 is 0 Å². The van der Waals surface area contributed by atoms with Crippen molar-refractivity contribution in [2.75, 3.05) is 39.3 Å². The molecule has 0 spiro atoms. The van der Waals surface area contributed by atoms with Crippen LogP contribution in [-0.4, -0.2) is 85.8 Å². The molecule has 3 fully saturated rings. The molecule has 12 nitrogen and oxygen atoms in total. The summed E-state index contributed by atoms with van der Waals surface area (Å²) in [6.07, 6.45) is 17.0. The van der Waals surface area contributed by atoms with E-state index in [2.05, 4.69) is 31.5 Å². The molecule has 1 aliphatic heterocycles. The van der Waals surface area contributed by atoms with Crippen LogP contribution in [0.3, 0.4) is 0 Å². The number of nitrogens with zero attached hydrogens (tertiary/aromatic N) is 1. The van der Waals surface area contributed by atoms with Crippen molar-refractivity contribution in [2.45, 2.75) is 108 Å². The van der Waals surface area contributed by atoms with E-state index in [0.717, 1.165) is 71.0 Å². The maximum atomic E-state index is 13.2. The van der Waals surface area contributed by atoms with Crippen molar-refractivity contribution >= 4 is 29.5 Å². The van der Waals surface area contributed by atoms with Crippen LogP contribution in [0.5, 0.6) is 0 Å². The smallest absolute Gasteiger partial charge is 0.287 e. The molecule has 0 aromatic carbocycles. The molecular formula is C34H54N6O6. The first-order valence-electron chi connectivity index (χ1n) is 17.6. The summed E-state index contributed by atoms with van der Waals surface area (Å²) in [6.45, 7) is 2.80. The van der Waals surface area contributed by atoms with Crippen LogP contribution in [0.15, 0.2) is 22.8 Å². The lowest BCUT2D eigenvalue weighted by Gasteiger charge is -2.28. The van der Waals surface area contributed by atoms with Crippen LogP contribution in [0.4, 0.5) is 0 Å². The Bertz CT molecular complexity index is 1110. The number of hydrogen-bond donors (Lipinski definition) is 5. The predicted octanol–water partition coefficient (Wildman–Crippen LogP) is 2.64. The van der Waals surface area contributed by atoms with Gasteiger partial charge < -0.3 is 35.9 Å². The second kappa shape index (κ2) is 19.3. The number of furan rings is 1. The SMILES string of the molecule is O=C(CNC(=O)[C@H](CC1CCCCC1)NC(=O)c1ccco1)NCC(=O)NC(CC1CCCCC1)C(=O)NCCN1CCCCC1. The Kier molecular flexibility index (Phi) is 14.9. The normalized spacial score (nSPS) is 19.4. The summed E-state index contributed by atoms with van der Waals surface area (Å²) >= 11 is 0. The van der Waals surface area contributed by atoms with Gasteiger partial charge in [-0.3, -0.25) is 24.0 Å². The summed E-state index contributed by atoms with van der Waals surface area (Å²) in [4.78, 5) is 66.7. The summed E-state index contributed by atoms with van der Waals surface area (Å²) in [7, 11) is 0. The van der Waals surface area contributed by atoms with Gasteiger partial charge in [0.05, 0.1) is 19.4 Å². The van der Waals surface area contributed by atoms with Gasteiger partial charge in [0, 0.05) is 13.1 Å². The minimum atomic E-state index is -0.814. The molecule has 5 amide bonds.